The SMILES string of the molecule is CC(/C=C1\S/C(=N/c2nnc(C)s2)N(C)C1=O)=C\c1ccccc1. The maximum atomic E-state index is 12.4. The number of hydrogen-bond acceptors (Lipinski definition) is 6. The van der Waals surface area contributed by atoms with Crippen molar-refractivity contribution in [1.29, 1.82) is 0 Å². The van der Waals surface area contributed by atoms with E-state index in [-0.39, 0.29) is 5.91 Å². The van der Waals surface area contributed by atoms with Gasteiger partial charge in [-0.1, -0.05) is 47.7 Å². The van der Waals surface area contributed by atoms with Crippen LogP contribution in [-0.2, 0) is 4.79 Å². The van der Waals surface area contributed by atoms with Crippen molar-refractivity contribution < 1.29 is 4.79 Å². The maximum absolute atomic E-state index is 12.4. The summed E-state index contributed by atoms with van der Waals surface area (Å²) < 4.78 is 0. The number of allylic oxidation sites excluding steroid dienone is 2. The van der Waals surface area contributed by atoms with Gasteiger partial charge in [0.15, 0.2) is 5.17 Å². The number of carbonyl (C=O) groups is 1. The molecular weight excluding hydrogens is 340 g/mol. The van der Waals surface area contributed by atoms with Gasteiger partial charge < -0.3 is 0 Å². The third kappa shape index (κ3) is 3.80. The first-order valence-electron chi connectivity index (χ1n) is 7.32. The van der Waals surface area contributed by atoms with Crippen LogP contribution in [0.2, 0.25) is 0 Å². The Morgan fingerprint density at radius 3 is 2.67 bits per heavy atom. The zero-order chi connectivity index (χ0) is 17.1. The lowest BCUT2D eigenvalue weighted by Gasteiger charge is -2.05. The molecule has 0 atom stereocenters. The summed E-state index contributed by atoms with van der Waals surface area (Å²) >= 11 is 2.76. The van der Waals surface area contributed by atoms with Gasteiger partial charge >= 0.3 is 0 Å². The minimum atomic E-state index is -0.0548. The van der Waals surface area contributed by atoms with Gasteiger partial charge in [-0.25, -0.2) is 0 Å². The summed E-state index contributed by atoms with van der Waals surface area (Å²) in [5, 5.41) is 9.95. The molecule has 1 aliphatic heterocycles. The molecule has 0 spiro atoms. The van der Waals surface area contributed by atoms with Crippen molar-refractivity contribution in [2.45, 2.75) is 13.8 Å². The average molecular weight is 356 g/mol. The summed E-state index contributed by atoms with van der Waals surface area (Å²) in [6.07, 6.45) is 3.94. The predicted molar refractivity (Wildman–Crippen MR) is 100 cm³/mol. The Bertz CT molecular complexity index is 852. The van der Waals surface area contributed by atoms with E-state index in [1.807, 2.05) is 56.3 Å². The van der Waals surface area contributed by atoms with Gasteiger partial charge in [0.1, 0.15) is 5.01 Å². The third-order valence-electron chi connectivity index (χ3n) is 3.26. The van der Waals surface area contributed by atoms with Gasteiger partial charge in [-0.05, 0) is 42.8 Å². The van der Waals surface area contributed by atoms with Crippen molar-refractivity contribution in [3.63, 3.8) is 0 Å². The number of carbonyl (C=O) groups excluding carboxylic acids is 1. The van der Waals surface area contributed by atoms with Crippen LogP contribution in [0, 0.1) is 6.92 Å². The van der Waals surface area contributed by atoms with E-state index in [2.05, 4.69) is 15.2 Å². The van der Waals surface area contributed by atoms with Crippen molar-refractivity contribution in [1.82, 2.24) is 15.1 Å². The van der Waals surface area contributed by atoms with Crippen LogP contribution in [0.5, 0.6) is 0 Å². The van der Waals surface area contributed by atoms with Gasteiger partial charge in [-0.3, -0.25) is 9.69 Å². The Labute approximate surface area is 148 Å². The number of hydrogen-bond donors (Lipinski definition) is 0. The molecule has 7 heteroatoms. The number of thioether (sulfide) groups is 1. The standard InChI is InChI=1S/C17H16N4OS2/c1-11(9-13-7-5-4-6-8-13)10-14-15(22)21(3)17(24-14)18-16-20-19-12(2)23-16/h4-10H,1-3H3/b11-9+,14-10-,18-17+. The fourth-order valence-corrected chi connectivity index (χ4v) is 3.76. The van der Waals surface area contributed by atoms with Crippen LogP contribution in [0.3, 0.4) is 0 Å². The van der Waals surface area contributed by atoms with Crippen molar-refractivity contribution in [2.24, 2.45) is 4.99 Å². The molecule has 0 bridgehead atoms. The van der Waals surface area contributed by atoms with E-state index in [1.165, 1.54) is 23.1 Å². The van der Waals surface area contributed by atoms with Crippen molar-refractivity contribution in [2.75, 3.05) is 7.05 Å². The quantitative estimate of drug-likeness (QED) is 0.779. The maximum Gasteiger partial charge on any atom is 0.266 e. The normalized spacial score (nSPS) is 18.9. The number of amidine groups is 1. The zero-order valence-corrected chi connectivity index (χ0v) is 15.2. The van der Waals surface area contributed by atoms with E-state index in [0.717, 1.165) is 16.1 Å². The summed E-state index contributed by atoms with van der Waals surface area (Å²) in [7, 11) is 1.72. The fourth-order valence-electron chi connectivity index (χ4n) is 2.13. The second-order valence-corrected chi connectivity index (χ2v) is 7.44. The second kappa shape index (κ2) is 7.11. The van der Waals surface area contributed by atoms with Gasteiger partial charge in [-0.15, -0.1) is 10.2 Å². The molecule has 2 aromatic rings. The second-order valence-electron chi connectivity index (χ2n) is 5.27. The lowest BCUT2D eigenvalue weighted by atomic mass is 10.1. The minimum absolute atomic E-state index is 0.0548. The van der Waals surface area contributed by atoms with Crippen LogP contribution in [-0.4, -0.2) is 33.2 Å². The molecule has 0 aliphatic carbocycles. The van der Waals surface area contributed by atoms with Gasteiger partial charge in [-0.2, -0.15) is 4.99 Å². The van der Waals surface area contributed by atoms with Crippen LogP contribution in [0.4, 0.5) is 5.13 Å². The van der Waals surface area contributed by atoms with Crippen LogP contribution in [0.15, 0.2) is 51.9 Å². The van der Waals surface area contributed by atoms with Crippen molar-refractivity contribution in [3.05, 3.63) is 57.5 Å². The van der Waals surface area contributed by atoms with E-state index >= 15 is 0 Å². The summed E-state index contributed by atoms with van der Waals surface area (Å²) in [6, 6.07) is 10.0. The number of amides is 1. The number of aryl methyl sites for hydroxylation is 1. The van der Waals surface area contributed by atoms with E-state index in [4.69, 9.17) is 0 Å². The first-order valence-corrected chi connectivity index (χ1v) is 8.96. The Balaban J connectivity index is 1.83. The fraction of sp³-hybridized carbons (Fsp3) is 0.176. The number of benzene rings is 1. The molecule has 2 heterocycles. The first-order chi connectivity index (χ1) is 11.5. The van der Waals surface area contributed by atoms with Gasteiger partial charge in [0.2, 0.25) is 5.13 Å². The molecule has 0 saturated carbocycles. The molecule has 122 valence electrons. The summed E-state index contributed by atoms with van der Waals surface area (Å²) in [6.45, 7) is 3.86. The molecule has 24 heavy (non-hydrogen) atoms. The Hall–Kier alpha value is -2.25. The smallest absolute Gasteiger partial charge is 0.266 e. The summed E-state index contributed by atoms with van der Waals surface area (Å²) in [5.74, 6) is -0.0548. The topological polar surface area (TPSA) is 58.5 Å². The highest BCUT2D eigenvalue weighted by molar-refractivity contribution is 8.18. The molecule has 0 N–H and O–H groups in total. The molecule has 1 amide bonds. The predicted octanol–water partition coefficient (Wildman–Crippen LogP) is 4.03. The number of likely N-dealkylation sites (N-methyl/N-ethyl adjacent to an activating group) is 1. The average Bonchev–Trinajstić information content (AvgIpc) is 3.08. The highest BCUT2D eigenvalue weighted by Crippen LogP contribution is 2.33. The third-order valence-corrected chi connectivity index (χ3v) is 5.06. The van der Waals surface area contributed by atoms with E-state index in [0.29, 0.717) is 15.2 Å². The largest absolute Gasteiger partial charge is 0.289 e. The Kier molecular flexibility index (Phi) is 4.92. The summed E-state index contributed by atoms with van der Waals surface area (Å²) in [4.78, 5) is 19.0. The molecule has 3 rings (SSSR count). The molecule has 0 radical (unpaired) electrons. The van der Waals surface area contributed by atoms with Crippen molar-refractivity contribution in [3.8, 4) is 0 Å². The van der Waals surface area contributed by atoms with E-state index in [1.54, 1.807) is 11.9 Å². The van der Waals surface area contributed by atoms with Crippen LogP contribution < -0.4 is 0 Å². The van der Waals surface area contributed by atoms with Crippen LogP contribution in [0.25, 0.3) is 6.08 Å². The highest BCUT2D eigenvalue weighted by Gasteiger charge is 2.30. The van der Waals surface area contributed by atoms with E-state index in [9.17, 15) is 4.79 Å². The van der Waals surface area contributed by atoms with Gasteiger partial charge in [0.05, 0.1) is 4.91 Å². The zero-order valence-electron chi connectivity index (χ0n) is 13.6. The number of nitrogens with zero attached hydrogens (tertiary/aromatic N) is 4. The van der Waals surface area contributed by atoms with Crippen molar-refractivity contribution >= 4 is 45.4 Å². The molecular formula is C17H16N4OS2. The number of rotatable bonds is 3. The van der Waals surface area contributed by atoms with Gasteiger partial charge in [0, 0.05) is 7.05 Å². The van der Waals surface area contributed by atoms with Crippen LogP contribution >= 0.6 is 23.1 Å². The number of aliphatic imine (C=N–C) groups is 1. The molecule has 1 aromatic carbocycles. The molecule has 1 aromatic heterocycles. The van der Waals surface area contributed by atoms with Crippen LogP contribution in [0.1, 0.15) is 17.5 Å². The lowest BCUT2D eigenvalue weighted by Crippen LogP contribution is -2.23. The minimum Gasteiger partial charge on any atom is -0.289 e. The van der Waals surface area contributed by atoms with Gasteiger partial charge in [0.25, 0.3) is 5.91 Å². The summed E-state index contributed by atoms with van der Waals surface area (Å²) in [5.41, 5.74) is 2.12. The molecule has 1 aliphatic rings. The molecule has 5 nitrogen and oxygen atoms in total. The Morgan fingerprint density at radius 2 is 2.00 bits per heavy atom. The van der Waals surface area contributed by atoms with E-state index < -0.39 is 0 Å². The first kappa shape index (κ1) is 16.6. The molecule has 1 fully saturated rings. The lowest BCUT2D eigenvalue weighted by molar-refractivity contribution is -0.121. The highest BCUT2D eigenvalue weighted by atomic mass is 32.2. The molecule has 1 saturated heterocycles. The number of aromatic nitrogens is 2. The molecule has 0 unspecified atom stereocenters. The monoisotopic (exact) mass is 356 g/mol. The Morgan fingerprint density at radius 1 is 1.25 bits per heavy atom.